The summed E-state index contributed by atoms with van der Waals surface area (Å²) in [5, 5.41) is 12.4. The van der Waals surface area contributed by atoms with Crippen LogP contribution >= 0.6 is 0 Å². The maximum Gasteiger partial charge on any atom is 0.272 e. The average Bonchev–Trinajstić information content (AvgIpc) is 2.63. The van der Waals surface area contributed by atoms with Crippen LogP contribution in [0.1, 0.15) is 32.6 Å². The molecule has 0 radical (unpaired) electrons. The molecule has 0 amide bonds. The average molecular weight is 265 g/mol. The zero-order valence-corrected chi connectivity index (χ0v) is 11.7. The van der Waals surface area contributed by atoms with Crippen LogP contribution in [0.3, 0.4) is 0 Å². The SMILES string of the molecule is Cc1cccc(C2=[N+]([O-])c3cc(C)c(C)cc3C2=O)c1. The quantitative estimate of drug-likeness (QED) is 0.585. The predicted octanol–water partition coefficient (Wildman–Crippen LogP) is 3.44. The number of Topliss-reactive ketones (excluding diaryl/α,β-unsaturated/α-hetero) is 1. The normalized spacial score (nSPS) is 13.8. The van der Waals surface area contributed by atoms with Crippen molar-refractivity contribution < 1.29 is 9.53 Å². The van der Waals surface area contributed by atoms with E-state index < -0.39 is 0 Å². The van der Waals surface area contributed by atoms with Crippen molar-refractivity contribution in [3.05, 3.63) is 69.4 Å². The van der Waals surface area contributed by atoms with E-state index in [0.29, 0.717) is 16.8 Å². The Hall–Kier alpha value is -2.42. The van der Waals surface area contributed by atoms with E-state index in [1.54, 1.807) is 18.2 Å². The zero-order valence-electron chi connectivity index (χ0n) is 11.7. The Kier molecular flexibility index (Phi) is 2.71. The molecule has 20 heavy (non-hydrogen) atoms. The van der Waals surface area contributed by atoms with Crippen molar-refractivity contribution in [3.8, 4) is 0 Å². The summed E-state index contributed by atoms with van der Waals surface area (Å²) in [5.74, 6) is -0.191. The highest BCUT2D eigenvalue weighted by Crippen LogP contribution is 2.30. The summed E-state index contributed by atoms with van der Waals surface area (Å²) in [6.45, 7) is 5.83. The third kappa shape index (κ3) is 1.74. The molecule has 3 nitrogen and oxygen atoms in total. The topological polar surface area (TPSA) is 43.1 Å². The number of benzene rings is 2. The van der Waals surface area contributed by atoms with Gasteiger partial charge in [0.2, 0.25) is 5.69 Å². The fourth-order valence-corrected chi connectivity index (χ4v) is 2.53. The van der Waals surface area contributed by atoms with Crippen molar-refractivity contribution in [2.75, 3.05) is 0 Å². The van der Waals surface area contributed by atoms with E-state index in [4.69, 9.17) is 0 Å². The van der Waals surface area contributed by atoms with Crippen LogP contribution in [0.15, 0.2) is 36.4 Å². The first-order valence-corrected chi connectivity index (χ1v) is 6.56. The molecule has 0 fully saturated rings. The largest absolute Gasteiger partial charge is 0.618 e. The van der Waals surface area contributed by atoms with Gasteiger partial charge in [-0.15, -0.1) is 0 Å². The molecule has 3 rings (SSSR count). The van der Waals surface area contributed by atoms with Crippen LogP contribution in [0.25, 0.3) is 0 Å². The number of fused-ring (bicyclic) bond motifs is 1. The van der Waals surface area contributed by atoms with Crippen molar-refractivity contribution in [1.82, 2.24) is 0 Å². The van der Waals surface area contributed by atoms with Crippen LogP contribution in [0, 0.1) is 26.0 Å². The van der Waals surface area contributed by atoms with Crippen LogP contribution in [-0.2, 0) is 0 Å². The molecule has 100 valence electrons. The van der Waals surface area contributed by atoms with E-state index in [1.165, 1.54) is 0 Å². The number of aryl methyl sites for hydroxylation is 3. The summed E-state index contributed by atoms with van der Waals surface area (Å²) >= 11 is 0. The van der Waals surface area contributed by atoms with Crippen LogP contribution in [-0.4, -0.2) is 16.2 Å². The second kappa shape index (κ2) is 4.30. The van der Waals surface area contributed by atoms with Crippen LogP contribution in [0.5, 0.6) is 0 Å². The summed E-state index contributed by atoms with van der Waals surface area (Å²) in [4.78, 5) is 12.5. The Morgan fingerprint density at radius 2 is 1.70 bits per heavy atom. The maximum atomic E-state index is 12.5. The molecule has 0 spiro atoms. The summed E-state index contributed by atoms with van der Waals surface area (Å²) < 4.78 is 0.763. The minimum Gasteiger partial charge on any atom is -0.618 e. The van der Waals surface area contributed by atoms with Gasteiger partial charge >= 0.3 is 0 Å². The molecule has 0 aromatic heterocycles. The molecule has 0 aliphatic carbocycles. The van der Waals surface area contributed by atoms with Gasteiger partial charge in [0.15, 0.2) is 0 Å². The summed E-state index contributed by atoms with van der Waals surface area (Å²) in [6, 6.07) is 11.1. The van der Waals surface area contributed by atoms with E-state index in [1.807, 2.05) is 39.0 Å². The smallest absolute Gasteiger partial charge is 0.272 e. The Morgan fingerprint density at radius 3 is 2.40 bits per heavy atom. The van der Waals surface area contributed by atoms with Gasteiger partial charge < -0.3 is 5.21 Å². The molecule has 0 unspecified atom stereocenters. The molecule has 0 bridgehead atoms. The van der Waals surface area contributed by atoms with Crippen LogP contribution in [0.2, 0.25) is 0 Å². The minimum absolute atomic E-state index is 0.191. The molecule has 1 heterocycles. The predicted molar refractivity (Wildman–Crippen MR) is 78.8 cm³/mol. The fraction of sp³-hybridized carbons (Fsp3) is 0.176. The lowest BCUT2D eigenvalue weighted by Crippen LogP contribution is -2.16. The highest BCUT2D eigenvalue weighted by molar-refractivity contribution is 6.52. The van der Waals surface area contributed by atoms with E-state index in [-0.39, 0.29) is 11.5 Å². The number of hydrogen-bond acceptors (Lipinski definition) is 2. The van der Waals surface area contributed by atoms with E-state index >= 15 is 0 Å². The number of carbonyl (C=O) groups is 1. The van der Waals surface area contributed by atoms with Crippen molar-refractivity contribution >= 4 is 17.2 Å². The second-order valence-corrected chi connectivity index (χ2v) is 5.30. The molecule has 3 heteroatoms. The van der Waals surface area contributed by atoms with Crippen molar-refractivity contribution in [2.45, 2.75) is 20.8 Å². The first kappa shape index (κ1) is 12.6. The van der Waals surface area contributed by atoms with Gasteiger partial charge in [-0.3, -0.25) is 4.79 Å². The molecular formula is C17H15NO2. The second-order valence-electron chi connectivity index (χ2n) is 5.30. The van der Waals surface area contributed by atoms with Gasteiger partial charge in [0, 0.05) is 6.07 Å². The molecule has 1 aliphatic heterocycles. The Bertz CT molecular complexity index is 773. The van der Waals surface area contributed by atoms with Crippen LogP contribution < -0.4 is 0 Å². The molecular weight excluding hydrogens is 250 g/mol. The lowest BCUT2D eigenvalue weighted by Gasteiger charge is -2.04. The number of nitrogens with zero attached hydrogens (tertiary/aromatic N) is 1. The number of carbonyl (C=O) groups excluding carboxylic acids is 1. The van der Waals surface area contributed by atoms with E-state index in [0.717, 1.165) is 21.4 Å². The summed E-state index contributed by atoms with van der Waals surface area (Å²) in [7, 11) is 0. The zero-order chi connectivity index (χ0) is 14.4. The Labute approximate surface area is 117 Å². The highest BCUT2D eigenvalue weighted by atomic mass is 16.5. The van der Waals surface area contributed by atoms with Gasteiger partial charge in [-0.05, 0) is 50.1 Å². The van der Waals surface area contributed by atoms with Gasteiger partial charge in [0.05, 0.1) is 5.56 Å². The van der Waals surface area contributed by atoms with Crippen molar-refractivity contribution in [1.29, 1.82) is 0 Å². The molecule has 1 aliphatic rings. The molecule has 2 aromatic rings. The fourth-order valence-electron chi connectivity index (χ4n) is 2.53. The molecule has 2 aromatic carbocycles. The molecule has 0 saturated carbocycles. The van der Waals surface area contributed by atoms with Crippen LogP contribution in [0.4, 0.5) is 5.69 Å². The van der Waals surface area contributed by atoms with Gasteiger partial charge in [-0.2, -0.15) is 4.74 Å². The van der Waals surface area contributed by atoms with E-state index in [2.05, 4.69) is 0 Å². The number of ketones is 1. The Balaban J connectivity index is 2.22. The molecule has 0 N–H and O–H groups in total. The maximum absolute atomic E-state index is 12.5. The molecule has 0 atom stereocenters. The third-order valence-corrected chi connectivity index (χ3v) is 3.79. The lowest BCUT2D eigenvalue weighted by molar-refractivity contribution is -0.355. The summed E-state index contributed by atoms with van der Waals surface area (Å²) in [6.07, 6.45) is 0. The minimum atomic E-state index is -0.191. The lowest BCUT2D eigenvalue weighted by atomic mass is 9.99. The highest BCUT2D eigenvalue weighted by Gasteiger charge is 2.36. The third-order valence-electron chi connectivity index (χ3n) is 3.79. The van der Waals surface area contributed by atoms with Crippen molar-refractivity contribution in [3.63, 3.8) is 0 Å². The standard InChI is InChI=1S/C17H15NO2/c1-10-5-4-6-13(7-10)16-17(19)14-8-11(2)12(3)9-15(14)18(16)20/h4-9H,1-3H3. The number of hydrogen-bond donors (Lipinski definition) is 0. The van der Waals surface area contributed by atoms with E-state index in [9.17, 15) is 10.0 Å². The first-order chi connectivity index (χ1) is 9.49. The van der Waals surface area contributed by atoms with Gasteiger partial charge in [0.1, 0.15) is 5.56 Å². The van der Waals surface area contributed by atoms with Gasteiger partial charge in [-0.1, -0.05) is 17.7 Å². The van der Waals surface area contributed by atoms with Gasteiger partial charge in [-0.25, -0.2) is 0 Å². The molecule has 0 saturated heterocycles. The number of rotatable bonds is 1. The first-order valence-electron chi connectivity index (χ1n) is 6.56. The Morgan fingerprint density at radius 1 is 1.00 bits per heavy atom. The summed E-state index contributed by atoms with van der Waals surface area (Å²) in [5.41, 5.74) is 4.91. The van der Waals surface area contributed by atoms with Crippen molar-refractivity contribution in [2.24, 2.45) is 0 Å². The van der Waals surface area contributed by atoms with Gasteiger partial charge in [0.25, 0.3) is 11.5 Å². The monoisotopic (exact) mass is 265 g/mol.